The number of halogens is 3. The molecule has 12 heteroatoms. The molecule has 49 heavy (non-hydrogen) atoms. The van der Waals surface area contributed by atoms with Crippen molar-refractivity contribution in [2.45, 2.75) is 51.6 Å². The highest BCUT2D eigenvalue weighted by atomic mass is 19.4. The van der Waals surface area contributed by atoms with Crippen molar-refractivity contribution >= 4 is 39.6 Å². The maximum absolute atomic E-state index is 13.9. The van der Waals surface area contributed by atoms with Gasteiger partial charge in [0.15, 0.2) is 12.4 Å². The number of amides is 1. The molecule has 0 saturated carbocycles. The highest BCUT2D eigenvalue weighted by Crippen LogP contribution is 2.48. The van der Waals surface area contributed by atoms with E-state index in [9.17, 15) is 18.0 Å². The Morgan fingerprint density at radius 2 is 1.82 bits per heavy atom. The second-order valence-corrected chi connectivity index (χ2v) is 13.8. The molecule has 4 aromatic rings. The van der Waals surface area contributed by atoms with Crippen LogP contribution in [0.4, 0.5) is 19.0 Å². The number of carbonyl (C=O) groups excluding carboxylic acids is 1. The summed E-state index contributed by atoms with van der Waals surface area (Å²) < 4.78 is 47.6. The van der Waals surface area contributed by atoms with Crippen LogP contribution in [0.5, 0.6) is 5.75 Å². The summed E-state index contributed by atoms with van der Waals surface area (Å²) in [5.74, 6) is 1.43. The van der Waals surface area contributed by atoms with Crippen LogP contribution in [0.3, 0.4) is 0 Å². The number of benzene rings is 2. The number of carbonyl (C=O) groups is 1. The highest BCUT2D eigenvalue weighted by molar-refractivity contribution is 6.07. The summed E-state index contributed by atoms with van der Waals surface area (Å²) in [4.78, 5) is 29.0. The van der Waals surface area contributed by atoms with Gasteiger partial charge in [0.25, 0.3) is 0 Å². The number of aryl methyl sites for hydroxylation is 1. The monoisotopic (exact) mass is 673 g/mol. The Morgan fingerprint density at radius 3 is 2.47 bits per heavy atom. The molecule has 0 atom stereocenters. The molecular weight excluding hydrogens is 631 g/mol. The SMILES string of the molecule is C=CC(=O)N1CC2(CCN(c3nc(C4CCN(CC)CC4)nc4c(OCC(F)(F)F)c(-c5c(C)ccc6[nH]ncc56)c(C=C)cc34)CC2)C1. The van der Waals surface area contributed by atoms with Crippen molar-refractivity contribution in [2.75, 3.05) is 57.3 Å². The number of anilines is 1. The lowest BCUT2D eigenvalue weighted by Crippen LogP contribution is -2.61. The molecule has 3 aliphatic rings. The molecular formula is C37H42F3N7O2. The van der Waals surface area contributed by atoms with Gasteiger partial charge < -0.3 is 19.4 Å². The first-order chi connectivity index (χ1) is 23.5. The number of hydrogen-bond acceptors (Lipinski definition) is 7. The van der Waals surface area contributed by atoms with Crippen LogP contribution in [-0.2, 0) is 4.79 Å². The summed E-state index contributed by atoms with van der Waals surface area (Å²) in [5, 5.41) is 8.63. The molecule has 3 saturated heterocycles. The minimum atomic E-state index is -4.57. The summed E-state index contributed by atoms with van der Waals surface area (Å²) in [5.41, 5.74) is 3.90. The second kappa shape index (κ2) is 12.8. The fourth-order valence-electron chi connectivity index (χ4n) is 7.92. The molecule has 3 aliphatic heterocycles. The van der Waals surface area contributed by atoms with Gasteiger partial charge >= 0.3 is 6.18 Å². The van der Waals surface area contributed by atoms with Crippen LogP contribution in [0.15, 0.2) is 43.6 Å². The fraction of sp³-hybridized carbons (Fsp3) is 0.459. The molecule has 0 bridgehead atoms. The highest BCUT2D eigenvalue weighted by Gasteiger charge is 2.46. The average Bonchev–Trinajstić information content (AvgIpc) is 3.57. The Kier molecular flexibility index (Phi) is 8.62. The van der Waals surface area contributed by atoms with Gasteiger partial charge in [-0.05, 0) is 87.1 Å². The van der Waals surface area contributed by atoms with E-state index in [4.69, 9.17) is 14.7 Å². The summed E-state index contributed by atoms with van der Waals surface area (Å²) >= 11 is 0. The molecule has 1 amide bonds. The van der Waals surface area contributed by atoms with Gasteiger partial charge in [-0.1, -0.05) is 32.2 Å². The van der Waals surface area contributed by atoms with Gasteiger partial charge in [-0.15, -0.1) is 0 Å². The summed E-state index contributed by atoms with van der Waals surface area (Å²) in [6, 6.07) is 5.78. The maximum atomic E-state index is 13.9. The molecule has 0 aliphatic carbocycles. The fourth-order valence-corrected chi connectivity index (χ4v) is 7.92. The van der Waals surface area contributed by atoms with Crippen molar-refractivity contribution in [3.8, 4) is 16.9 Å². The number of fused-ring (bicyclic) bond motifs is 2. The zero-order valence-corrected chi connectivity index (χ0v) is 28.1. The molecule has 258 valence electrons. The predicted molar refractivity (Wildman–Crippen MR) is 186 cm³/mol. The van der Waals surface area contributed by atoms with Gasteiger partial charge in [-0.3, -0.25) is 9.89 Å². The van der Waals surface area contributed by atoms with Crippen LogP contribution < -0.4 is 9.64 Å². The standard InChI is InChI=1S/C37H42F3N7O2/c1-5-24-18-26-32(33(49-22-37(38,39)40)31(24)30-23(4)8-9-28-27(30)19-41-44-28)42-34(25-10-14-45(7-3)15-11-25)43-35(26)46-16-12-36(13-17-46)20-47(21-36)29(48)6-2/h5-6,8-9,18-19,25H,1-2,7,10-17,20-22H2,3-4H3,(H,41,44). The molecule has 1 N–H and O–H groups in total. The van der Waals surface area contributed by atoms with E-state index in [0.29, 0.717) is 59.9 Å². The summed E-state index contributed by atoms with van der Waals surface area (Å²) in [6.45, 7) is 15.9. The Hall–Kier alpha value is -4.45. The quantitative estimate of drug-likeness (QED) is 0.204. The van der Waals surface area contributed by atoms with Crippen molar-refractivity contribution in [1.82, 2.24) is 30.0 Å². The van der Waals surface area contributed by atoms with Gasteiger partial charge in [-0.25, -0.2) is 9.97 Å². The van der Waals surface area contributed by atoms with Gasteiger partial charge in [0.2, 0.25) is 5.91 Å². The van der Waals surface area contributed by atoms with Crippen LogP contribution in [0.25, 0.3) is 39.0 Å². The van der Waals surface area contributed by atoms with Crippen molar-refractivity contribution in [3.05, 3.63) is 60.6 Å². The van der Waals surface area contributed by atoms with Crippen molar-refractivity contribution in [3.63, 3.8) is 0 Å². The molecule has 7 rings (SSSR count). The lowest BCUT2D eigenvalue weighted by molar-refractivity contribution is -0.153. The van der Waals surface area contributed by atoms with Crippen molar-refractivity contribution in [2.24, 2.45) is 5.41 Å². The topological polar surface area (TPSA) is 90.5 Å². The Labute approximate surface area is 283 Å². The predicted octanol–water partition coefficient (Wildman–Crippen LogP) is 6.88. The molecule has 1 spiro atoms. The first kappa shape index (κ1) is 33.1. The number of alkyl halides is 3. The Balaban J connectivity index is 1.40. The number of hydrogen-bond donors (Lipinski definition) is 1. The largest absolute Gasteiger partial charge is 0.481 e. The molecule has 2 aromatic carbocycles. The third kappa shape index (κ3) is 6.15. The Bertz CT molecular complexity index is 1910. The van der Waals surface area contributed by atoms with E-state index in [1.54, 1.807) is 12.3 Å². The lowest BCUT2D eigenvalue weighted by Gasteiger charge is -2.54. The number of aromatic nitrogens is 4. The molecule has 3 fully saturated rings. The molecule has 0 radical (unpaired) electrons. The number of likely N-dealkylation sites (tertiary alicyclic amines) is 2. The zero-order chi connectivity index (χ0) is 34.5. The third-order valence-electron chi connectivity index (χ3n) is 10.7. The Morgan fingerprint density at radius 1 is 1.08 bits per heavy atom. The van der Waals surface area contributed by atoms with Crippen molar-refractivity contribution < 1.29 is 22.7 Å². The summed E-state index contributed by atoms with van der Waals surface area (Å²) in [7, 11) is 0. The van der Waals surface area contributed by atoms with E-state index in [2.05, 4.69) is 40.1 Å². The minimum Gasteiger partial charge on any atom is -0.481 e. The number of ether oxygens (including phenoxy) is 1. The average molecular weight is 674 g/mol. The van der Waals surface area contributed by atoms with Crippen LogP contribution in [0, 0.1) is 12.3 Å². The zero-order valence-electron chi connectivity index (χ0n) is 28.1. The van der Waals surface area contributed by atoms with E-state index in [1.165, 1.54) is 6.08 Å². The van der Waals surface area contributed by atoms with E-state index in [-0.39, 0.29) is 23.0 Å². The van der Waals surface area contributed by atoms with Crippen LogP contribution in [0.1, 0.15) is 55.5 Å². The molecule has 5 heterocycles. The van der Waals surface area contributed by atoms with E-state index in [0.717, 1.165) is 67.3 Å². The number of nitrogens with one attached hydrogen (secondary N) is 1. The van der Waals surface area contributed by atoms with Gasteiger partial charge in [0.05, 0.1) is 11.7 Å². The minimum absolute atomic E-state index is 0.0471. The van der Waals surface area contributed by atoms with Gasteiger partial charge in [0.1, 0.15) is 17.2 Å². The molecule has 9 nitrogen and oxygen atoms in total. The molecule has 2 aromatic heterocycles. The van der Waals surface area contributed by atoms with Crippen LogP contribution >= 0.6 is 0 Å². The summed E-state index contributed by atoms with van der Waals surface area (Å²) in [6.07, 6.45) is 3.60. The third-order valence-corrected chi connectivity index (χ3v) is 10.7. The second-order valence-electron chi connectivity index (χ2n) is 13.8. The number of rotatable bonds is 8. The first-order valence-corrected chi connectivity index (χ1v) is 17.1. The van der Waals surface area contributed by atoms with E-state index >= 15 is 0 Å². The number of nitrogens with zero attached hydrogens (tertiary/aromatic N) is 6. The molecule has 0 unspecified atom stereocenters. The van der Waals surface area contributed by atoms with Crippen LogP contribution in [0.2, 0.25) is 0 Å². The first-order valence-electron chi connectivity index (χ1n) is 17.1. The van der Waals surface area contributed by atoms with Crippen molar-refractivity contribution in [1.29, 1.82) is 0 Å². The normalized spacial score (nSPS) is 18.6. The van der Waals surface area contributed by atoms with E-state index in [1.807, 2.05) is 30.0 Å². The van der Waals surface area contributed by atoms with Gasteiger partial charge in [-0.2, -0.15) is 18.3 Å². The maximum Gasteiger partial charge on any atom is 0.422 e. The number of H-pyrrole nitrogens is 1. The van der Waals surface area contributed by atoms with E-state index < -0.39 is 12.8 Å². The van der Waals surface area contributed by atoms with Crippen LogP contribution in [-0.4, -0.2) is 94.5 Å². The number of piperidine rings is 2. The smallest absolute Gasteiger partial charge is 0.422 e. The number of aromatic amines is 1. The van der Waals surface area contributed by atoms with Gasteiger partial charge in [0, 0.05) is 53.8 Å². The lowest BCUT2D eigenvalue weighted by atomic mass is 9.72.